The van der Waals surface area contributed by atoms with Crippen LogP contribution in [-0.4, -0.2) is 21.1 Å². The van der Waals surface area contributed by atoms with Gasteiger partial charge in [0.1, 0.15) is 11.5 Å². The summed E-state index contributed by atoms with van der Waals surface area (Å²) < 4.78 is 0. The van der Waals surface area contributed by atoms with Crippen molar-refractivity contribution >= 4 is 11.4 Å². The summed E-state index contributed by atoms with van der Waals surface area (Å²) in [5.41, 5.74) is 7.14. The van der Waals surface area contributed by atoms with Crippen LogP contribution in [0.2, 0.25) is 0 Å². The van der Waals surface area contributed by atoms with Gasteiger partial charge < -0.3 is 15.3 Å². The molecule has 0 spiro atoms. The number of allylic oxidation sites excluding steroid dienone is 5. The lowest BCUT2D eigenvalue weighted by Gasteiger charge is -2.21. The fraction of sp³-hybridized carbons (Fsp3) is 0.0294. The van der Waals surface area contributed by atoms with Gasteiger partial charge in [0.2, 0.25) is 0 Å². The lowest BCUT2D eigenvalue weighted by Crippen LogP contribution is -2.04. The number of carbonyl (C=O) groups is 1. The number of hydrogen-bond acceptors (Lipinski definition) is 4. The molecule has 0 heterocycles. The fourth-order valence-corrected chi connectivity index (χ4v) is 4.42. The molecule has 1 aliphatic carbocycles. The number of hydrogen-bond donors (Lipinski definition) is 3. The lowest BCUT2D eigenvalue weighted by atomic mass is 9.82. The summed E-state index contributed by atoms with van der Waals surface area (Å²) in [6, 6.07) is 27.3. The van der Waals surface area contributed by atoms with E-state index < -0.39 is 0 Å². The van der Waals surface area contributed by atoms with Crippen LogP contribution < -0.4 is 0 Å². The molecule has 0 saturated heterocycles. The molecular formula is C34H24O4. The first-order valence-electron chi connectivity index (χ1n) is 12.1. The fourth-order valence-electron chi connectivity index (χ4n) is 4.42. The maximum absolute atomic E-state index is 12.0. The van der Waals surface area contributed by atoms with Gasteiger partial charge in [0, 0.05) is 16.7 Å². The van der Waals surface area contributed by atoms with E-state index >= 15 is 0 Å². The second-order valence-electron chi connectivity index (χ2n) is 8.79. The van der Waals surface area contributed by atoms with E-state index in [4.69, 9.17) is 0 Å². The number of rotatable bonds is 4. The number of phenols is 2. The van der Waals surface area contributed by atoms with E-state index in [0.717, 1.165) is 33.4 Å². The molecule has 0 aromatic heterocycles. The molecular weight excluding hydrogens is 472 g/mol. The largest absolute Gasteiger partial charge is 0.508 e. The van der Waals surface area contributed by atoms with E-state index in [9.17, 15) is 20.1 Å². The molecule has 3 N–H and O–H groups in total. The topological polar surface area (TPSA) is 77.8 Å². The van der Waals surface area contributed by atoms with Crippen LogP contribution in [-0.2, 0) is 11.4 Å². The summed E-state index contributed by atoms with van der Waals surface area (Å²) in [6.07, 6.45) is 6.61. The monoisotopic (exact) mass is 496 g/mol. The first-order chi connectivity index (χ1) is 18.5. The number of aliphatic hydroxyl groups excluding tert-OH is 1. The molecule has 4 heteroatoms. The van der Waals surface area contributed by atoms with Crippen molar-refractivity contribution in [3.05, 3.63) is 149 Å². The molecule has 4 aromatic carbocycles. The molecule has 4 nitrogen and oxygen atoms in total. The Morgan fingerprint density at radius 1 is 0.684 bits per heavy atom. The van der Waals surface area contributed by atoms with Gasteiger partial charge in [-0.3, -0.25) is 4.79 Å². The van der Waals surface area contributed by atoms with E-state index in [1.165, 1.54) is 12.2 Å². The van der Waals surface area contributed by atoms with Gasteiger partial charge in [0.15, 0.2) is 5.78 Å². The van der Waals surface area contributed by atoms with Crippen molar-refractivity contribution in [3.63, 3.8) is 0 Å². The molecule has 4 aromatic rings. The highest BCUT2D eigenvalue weighted by Crippen LogP contribution is 2.40. The SMILES string of the molecule is O=C1C=CC(=C(c2ccc(O)cc2)c2c(-c3ccccc3)ccc(CO)c2C#Cc2ccc(O)cc2)C=C1. The van der Waals surface area contributed by atoms with E-state index in [2.05, 4.69) is 11.8 Å². The van der Waals surface area contributed by atoms with Crippen LogP contribution >= 0.6 is 0 Å². The van der Waals surface area contributed by atoms with Gasteiger partial charge in [-0.05, 0) is 82.0 Å². The zero-order chi connectivity index (χ0) is 26.5. The highest BCUT2D eigenvalue weighted by molar-refractivity contribution is 6.04. The van der Waals surface area contributed by atoms with E-state index in [1.807, 2.05) is 54.6 Å². The van der Waals surface area contributed by atoms with Crippen molar-refractivity contribution in [2.24, 2.45) is 0 Å². The van der Waals surface area contributed by atoms with Crippen LogP contribution in [0, 0.1) is 11.8 Å². The minimum atomic E-state index is -0.218. The highest BCUT2D eigenvalue weighted by Gasteiger charge is 2.21. The minimum absolute atomic E-state index is 0.0986. The summed E-state index contributed by atoms with van der Waals surface area (Å²) >= 11 is 0. The molecule has 1 aliphatic rings. The Morgan fingerprint density at radius 2 is 1.32 bits per heavy atom. The van der Waals surface area contributed by atoms with Crippen LogP contribution in [0.3, 0.4) is 0 Å². The summed E-state index contributed by atoms with van der Waals surface area (Å²) in [4.78, 5) is 12.0. The Morgan fingerprint density at radius 3 is 1.95 bits per heavy atom. The number of aliphatic hydroxyl groups is 1. The average molecular weight is 497 g/mol. The number of ketones is 1. The summed E-state index contributed by atoms with van der Waals surface area (Å²) in [5.74, 6) is 6.68. The third-order valence-electron chi connectivity index (χ3n) is 6.29. The van der Waals surface area contributed by atoms with Crippen molar-refractivity contribution in [3.8, 4) is 34.5 Å². The second kappa shape index (κ2) is 10.9. The van der Waals surface area contributed by atoms with Crippen molar-refractivity contribution < 1.29 is 20.1 Å². The summed E-state index contributed by atoms with van der Waals surface area (Å²) in [5, 5.41) is 30.0. The predicted molar refractivity (Wildman–Crippen MR) is 149 cm³/mol. The molecule has 0 saturated carbocycles. The number of aromatic hydroxyl groups is 2. The third kappa shape index (κ3) is 5.19. The van der Waals surface area contributed by atoms with Crippen LogP contribution in [0.15, 0.2) is 121 Å². The van der Waals surface area contributed by atoms with Crippen LogP contribution in [0.4, 0.5) is 0 Å². The molecule has 0 aliphatic heterocycles. The average Bonchev–Trinajstić information content (AvgIpc) is 2.95. The molecule has 0 atom stereocenters. The second-order valence-corrected chi connectivity index (χ2v) is 8.79. The van der Waals surface area contributed by atoms with Crippen molar-refractivity contribution in [1.82, 2.24) is 0 Å². The van der Waals surface area contributed by atoms with E-state index in [1.54, 1.807) is 48.6 Å². The highest BCUT2D eigenvalue weighted by atomic mass is 16.3. The van der Waals surface area contributed by atoms with Gasteiger partial charge in [-0.15, -0.1) is 0 Å². The standard InChI is InChI=1S/C34H24O4/c35-22-27-13-21-31(24-4-2-1-3-5-24)34(32(27)20-8-23-6-14-28(36)15-7-23)33(25-9-16-29(37)17-10-25)26-11-18-30(38)19-12-26/h1-7,9-19,21,35-37H,22H2. The Kier molecular flexibility index (Phi) is 7.04. The van der Waals surface area contributed by atoms with Crippen LogP contribution in [0.5, 0.6) is 11.5 Å². The van der Waals surface area contributed by atoms with Gasteiger partial charge in [-0.1, -0.05) is 78.6 Å². The van der Waals surface area contributed by atoms with Crippen LogP contribution in [0.1, 0.15) is 27.8 Å². The lowest BCUT2D eigenvalue weighted by molar-refractivity contribution is -0.110. The molecule has 0 fully saturated rings. The third-order valence-corrected chi connectivity index (χ3v) is 6.29. The quantitative estimate of drug-likeness (QED) is 0.296. The Hall–Kier alpha value is -5.11. The normalized spacial score (nSPS) is 12.2. The molecule has 38 heavy (non-hydrogen) atoms. The van der Waals surface area contributed by atoms with Gasteiger partial charge in [-0.25, -0.2) is 0 Å². The van der Waals surface area contributed by atoms with Gasteiger partial charge in [0.25, 0.3) is 0 Å². The first-order valence-corrected chi connectivity index (χ1v) is 12.1. The molecule has 0 amide bonds. The Balaban J connectivity index is 1.87. The molecule has 184 valence electrons. The van der Waals surface area contributed by atoms with Crippen molar-refractivity contribution in [2.45, 2.75) is 6.61 Å². The maximum atomic E-state index is 12.0. The summed E-state index contributed by atoms with van der Waals surface area (Å²) in [6.45, 7) is -0.218. The van der Waals surface area contributed by atoms with Gasteiger partial charge >= 0.3 is 0 Å². The van der Waals surface area contributed by atoms with Gasteiger partial charge in [0.05, 0.1) is 6.61 Å². The Bertz CT molecular complexity index is 1630. The predicted octanol–water partition coefficient (Wildman–Crippen LogP) is 6.15. The van der Waals surface area contributed by atoms with Gasteiger partial charge in [-0.2, -0.15) is 0 Å². The number of phenolic OH excluding ortho intramolecular Hbond substituents is 2. The number of benzene rings is 4. The Labute approximate surface area is 221 Å². The van der Waals surface area contributed by atoms with Crippen LogP contribution in [0.25, 0.3) is 16.7 Å². The number of carbonyl (C=O) groups excluding carboxylic acids is 1. The van der Waals surface area contributed by atoms with Crippen molar-refractivity contribution in [1.29, 1.82) is 0 Å². The molecule has 0 radical (unpaired) electrons. The zero-order valence-electron chi connectivity index (χ0n) is 20.4. The molecule has 0 bridgehead atoms. The summed E-state index contributed by atoms with van der Waals surface area (Å²) in [7, 11) is 0. The first kappa shape index (κ1) is 24.6. The smallest absolute Gasteiger partial charge is 0.178 e. The van der Waals surface area contributed by atoms with E-state index in [-0.39, 0.29) is 23.9 Å². The molecule has 0 unspecified atom stereocenters. The van der Waals surface area contributed by atoms with E-state index in [0.29, 0.717) is 16.7 Å². The minimum Gasteiger partial charge on any atom is -0.508 e. The maximum Gasteiger partial charge on any atom is 0.178 e. The molecule has 5 rings (SSSR count). The zero-order valence-corrected chi connectivity index (χ0v) is 20.4. The van der Waals surface area contributed by atoms with Crippen molar-refractivity contribution in [2.75, 3.05) is 0 Å².